The molecule has 2 unspecified atom stereocenters. The molecule has 0 spiro atoms. The van der Waals surface area contributed by atoms with Gasteiger partial charge in [-0.15, -0.1) is 0 Å². The van der Waals surface area contributed by atoms with E-state index in [1.807, 2.05) is 0 Å². The number of epoxide rings is 2. The molecule has 0 amide bonds. The van der Waals surface area contributed by atoms with E-state index in [0.29, 0.717) is 12.2 Å². The van der Waals surface area contributed by atoms with Crippen molar-refractivity contribution in [2.75, 3.05) is 13.2 Å². The number of hydrogen-bond donors (Lipinski definition) is 1. The van der Waals surface area contributed by atoms with E-state index in [1.54, 1.807) is 0 Å². The van der Waals surface area contributed by atoms with Crippen LogP contribution in [0.3, 0.4) is 0 Å². The number of aromatic amines is 1. The smallest absolute Gasteiger partial charge is 0.0813 e. The van der Waals surface area contributed by atoms with Gasteiger partial charge in [0.15, 0.2) is 0 Å². The summed E-state index contributed by atoms with van der Waals surface area (Å²) in [6.07, 6.45) is 5.44. The van der Waals surface area contributed by atoms with Crippen LogP contribution in [0.4, 0.5) is 0 Å². The van der Waals surface area contributed by atoms with E-state index < -0.39 is 0 Å². The number of aryl methyl sites for hydroxylation is 2. The number of hydrogen-bond acceptors (Lipinski definition) is 2. The second-order valence-electron chi connectivity index (χ2n) is 6.78. The van der Waals surface area contributed by atoms with Crippen molar-refractivity contribution in [3.05, 3.63) is 47.5 Å². The Hall–Kier alpha value is -1.84. The fraction of sp³-hybridized carbons (Fsp3) is 0.400. The largest absolute Gasteiger partial charge is 0.373 e. The van der Waals surface area contributed by atoms with Crippen LogP contribution in [0.5, 0.6) is 0 Å². The van der Waals surface area contributed by atoms with Gasteiger partial charge in [0.25, 0.3) is 0 Å². The van der Waals surface area contributed by atoms with Gasteiger partial charge in [0, 0.05) is 21.8 Å². The fourth-order valence-electron chi connectivity index (χ4n) is 3.63. The van der Waals surface area contributed by atoms with Crippen LogP contribution in [0.15, 0.2) is 36.4 Å². The minimum atomic E-state index is 0.481. The van der Waals surface area contributed by atoms with E-state index in [9.17, 15) is 0 Å². The Labute approximate surface area is 135 Å². The van der Waals surface area contributed by atoms with E-state index in [1.165, 1.54) is 32.9 Å². The molecule has 3 heterocycles. The molecule has 3 nitrogen and oxygen atoms in total. The third kappa shape index (κ3) is 2.64. The molecule has 0 saturated carbocycles. The molecule has 2 fully saturated rings. The summed E-state index contributed by atoms with van der Waals surface area (Å²) in [6, 6.07) is 13.2. The number of benzene rings is 2. The maximum atomic E-state index is 5.42. The molecule has 0 bridgehead atoms. The highest BCUT2D eigenvalue weighted by Gasteiger charge is 2.25. The highest BCUT2D eigenvalue weighted by Crippen LogP contribution is 2.32. The van der Waals surface area contributed by atoms with Crippen molar-refractivity contribution in [2.24, 2.45) is 0 Å². The van der Waals surface area contributed by atoms with Gasteiger partial charge in [0.05, 0.1) is 25.4 Å². The summed E-state index contributed by atoms with van der Waals surface area (Å²) >= 11 is 0. The molecule has 1 N–H and O–H groups in total. The molecule has 3 heteroatoms. The predicted octanol–water partition coefficient (Wildman–Crippen LogP) is 3.98. The van der Waals surface area contributed by atoms with Crippen LogP contribution in [0.2, 0.25) is 0 Å². The molecule has 2 aliphatic heterocycles. The van der Waals surface area contributed by atoms with Gasteiger partial charge in [0.1, 0.15) is 0 Å². The summed E-state index contributed by atoms with van der Waals surface area (Å²) in [5.41, 5.74) is 5.50. The SMILES string of the molecule is c1ccc2c(c1)[nH]c1c(CCC3CO3)c(CCC3CO3)ccc12. The van der Waals surface area contributed by atoms with Gasteiger partial charge in [-0.25, -0.2) is 0 Å². The van der Waals surface area contributed by atoms with Gasteiger partial charge < -0.3 is 14.5 Å². The first-order valence-electron chi connectivity index (χ1n) is 8.63. The van der Waals surface area contributed by atoms with Crippen molar-refractivity contribution in [2.45, 2.75) is 37.9 Å². The Kier molecular flexibility index (Phi) is 3.17. The quantitative estimate of drug-likeness (QED) is 0.700. The van der Waals surface area contributed by atoms with Crippen molar-refractivity contribution in [3.8, 4) is 0 Å². The predicted molar refractivity (Wildman–Crippen MR) is 91.9 cm³/mol. The highest BCUT2D eigenvalue weighted by molar-refractivity contribution is 6.08. The summed E-state index contributed by atoms with van der Waals surface area (Å²) in [4.78, 5) is 3.66. The van der Waals surface area contributed by atoms with Crippen LogP contribution in [0, 0.1) is 0 Å². The summed E-state index contributed by atoms with van der Waals surface area (Å²) in [7, 11) is 0. The summed E-state index contributed by atoms with van der Waals surface area (Å²) in [5, 5.41) is 2.67. The van der Waals surface area contributed by atoms with Crippen molar-refractivity contribution in [3.63, 3.8) is 0 Å². The number of ether oxygens (including phenoxy) is 2. The third-order valence-corrected chi connectivity index (χ3v) is 5.14. The van der Waals surface area contributed by atoms with Gasteiger partial charge in [-0.1, -0.05) is 30.3 Å². The van der Waals surface area contributed by atoms with Crippen molar-refractivity contribution in [1.82, 2.24) is 4.98 Å². The maximum Gasteiger partial charge on any atom is 0.0813 e. The summed E-state index contributed by atoms with van der Waals surface area (Å²) in [6.45, 7) is 1.88. The fourth-order valence-corrected chi connectivity index (χ4v) is 3.63. The zero-order valence-electron chi connectivity index (χ0n) is 13.2. The van der Waals surface area contributed by atoms with Crippen molar-refractivity contribution < 1.29 is 9.47 Å². The Morgan fingerprint density at radius 3 is 2.39 bits per heavy atom. The van der Waals surface area contributed by atoms with E-state index in [4.69, 9.17) is 9.47 Å². The van der Waals surface area contributed by atoms with E-state index in [-0.39, 0.29) is 0 Å². The van der Waals surface area contributed by atoms with Crippen LogP contribution in [0.25, 0.3) is 21.8 Å². The molecule has 0 aliphatic carbocycles. The summed E-state index contributed by atoms with van der Waals surface area (Å²) in [5.74, 6) is 0. The average Bonchev–Trinajstić information content (AvgIpc) is 3.49. The molecular formula is C20H21NO2. The number of aromatic nitrogens is 1. The Morgan fingerprint density at radius 2 is 1.61 bits per heavy atom. The molecule has 118 valence electrons. The van der Waals surface area contributed by atoms with Crippen LogP contribution >= 0.6 is 0 Å². The lowest BCUT2D eigenvalue weighted by molar-refractivity contribution is 0.394. The monoisotopic (exact) mass is 307 g/mol. The number of H-pyrrole nitrogens is 1. The normalized spacial score (nSPS) is 22.8. The van der Waals surface area contributed by atoms with E-state index in [0.717, 1.165) is 38.9 Å². The molecular weight excluding hydrogens is 286 g/mol. The topological polar surface area (TPSA) is 40.9 Å². The minimum Gasteiger partial charge on any atom is -0.373 e. The zero-order chi connectivity index (χ0) is 15.2. The molecule has 2 aliphatic rings. The lowest BCUT2D eigenvalue weighted by atomic mass is 9.95. The number of para-hydroxylation sites is 1. The Bertz CT molecular complexity index is 859. The second-order valence-corrected chi connectivity index (χ2v) is 6.78. The molecule has 3 aromatic rings. The van der Waals surface area contributed by atoms with Gasteiger partial charge in [-0.3, -0.25) is 0 Å². The first kappa shape index (κ1) is 13.6. The molecule has 0 radical (unpaired) electrons. The van der Waals surface area contributed by atoms with E-state index in [2.05, 4.69) is 41.4 Å². The van der Waals surface area contributed by atoms with Gasteiger partial charge in [-0.2, -0.15) is 0 Å². The van der Waals surface area contributed by atoms with E-state index >= 15 is 0 Å². The lowest BCUT2D eigenvalue weighted by Gasteiger charge is -2.10. The van der Waals surface area contributed by atoms with Crippen LogP contribution < -0.4 is 0 Å². The maximum absolute atomic E-state index is 5.42. The van der Waals surface area contributed by atoms with Gasteiger partial charge in [0.2, 0.25) is 0 Å². The molecule has 2 saturated heterocycles. The zero-order valence-corrected chi connectivity index (χ0v) is 13.2. The third-order valence-electron chi connectivity index (χ3n) is 5.14. The van der Waals surface area contributed by atoms with Crippen LogP contribution in [0.1, 0.15) is 24.0 Å². The van der Waals surface area contributed by atoms with Crippen LogP contribution in [-0.2, 0) is 22.3 Å². The number of fused-ring (bicyclic) bond motifs is 3. The molecule has 1 aromatic heterocycles. The van der Waals surface area contributed by atoms with Crippen molar-refractivity contribution in [1.29, 1.82) is 0 Å². The molecule has 2 atom stereocenters. The molecule has 23 heavy (non-hydrogen) atoms. The first-order chi connectivity index (χ1) is 11.4. The Balaban J connectivity index is 1.59. The molecule has 5 rings (SSSR count). The molecule has 2 aromatic carbocycles. The minimum absolute atomic E-state index is 0.481. The average molecular weight is 307 g/mol. The van der Waals surface area contributed by atoms with Gasteiger partial charge >= 0.3 is 0 Å². The summed E-state index contributed by atoms with van der Waals surface area (Å²) < 4.78 is 10.8. The van der Waals surface area contributed by atoms with Crippen LogP contribution in [-0.4, -0.2) is 30.4 Å². The Morgan fingerprint density at radius 1 is 0.870 bits per heavy atom. The standard InChI is InChI=1S/C20H21NO2/c1-2-4-19-17(3-1)18-9-6-13(5-7-14-11-22-14)16(20(18)21-19)10-8-15-12-23-15/h1-4,6,9,14-15,21H,5,7-8,10-12H2. The number of rotatable bonds is 6. The highest BCUT2D eigenvalue weighted by atomic mass is 16.6. The first-order valence-corrected chi connectivity index (χ1v) is 8.63. The lowest BCUT2D eigenvalue weighted by Crippen LogP contribution is -2.00. The van der Waals surface area contributed by atoms with Crippen molar-refractivity contribution >= 4 is 21.8 Å². The number of nitrogens with one attached hydrogen (secondary N) is 1. The second kappa shape index (κ2) is 5.36. The van der Waals surface area contributed by atoms with Gasteiger partial charge in [-0.05, 0) is 42.9 Å².